The van der Waals surface area contributed by atoms with Crippen LogP contribution >= 0.6 is 0 Å². The van der Waals surface area contributed by atoms with Crippen LogP contribution in [0.25, 0.3) is 0 Å². The highest BCUT2D eigenvalue weighted by molar-refractivity contribution is 5.84. The maximum atomic E-state index is 11.4. The maximum absolute atomic E-state index is 11.4. The van der Waals surface area contributed by atoms with E-state index in [1.807, 2.05) is 38.1 Å². The van der Waals surface area contributed by atoms with Crippen molar-refractivity contribution in [2.75, 3.05) is 11.9 Å². The molecule has 1 aromatic rings. The second kappa shape index (κ2) is 4.98. The summed E-state index contributed by atoms with van der Waals surface area (Å²) in [7, 11) is 0. The number of carboxylic acids is 1. The summed E-state index contributed by atoms with van der Waals surface area (Å²) in [4.78, 5) is 11.4. The Balaban J connectivity index is 2.07. The molecule has 1 fully saturated rings. The van der Waals surface area contributed by atoms with E-state index in [1.54, 1.807) is 0 Å². The Hall–Kier alpha value is -1.55. The molecule has 1 aliphatic rings. The number of nitrogens with one attached hydrogen (secondary N) is 1. The molecule has 4 heteroatoms. The quantitative estimate of drug-likeness (QED) is 0.841. The van der Waals surface area contributed by atoms with Gasteiger partial charge in [0.25, 0.3) is 0 Å². The van der Waals surface area contributed by atoms with Gasteiger partial charge in [0.15, 0.2) is 0 Å². The molecule has 0 unspecified atom stereocenters. The lowest BCUT2D eigenvalue weighted by Gasteiger charge is -2.44. The Morgan fingerprint density at radius 3 is 2.83 bits per heavy atom. The van der Waals surface area contributed by atoms with Crippen LogP contribution in [0.15, 0.2) is 24.3 Å². The number of anilines is 1. The molecule has 0 atom stereocenters. The summed E-state index contributed by atoms with van der Waals surface area (Å²) in [5.41, 5.74) is 1.10. The third kappa shape index (κ3) is 2.48. The van der Waals surface area contributed by atoms with E-state index in [2.05, 4.69) is 5.32 Å². The maximum Gasteiger partial charge on any atom is 0.329 e. The highest BCUT2D eigenvalue weighted by atomic mass is 16.5. The number of ether oxygens (including phenoxy) is 1. The highest BCUT2D eigenvalue weighted by Crippen LogP contribution is 2.38. The molecule has 0 heterocycles. The molecular weight excluding hydrogens is 230 g/mol. The zero-order valence-electron chi connectivity index (χ0n) is 10.8. The zero-order chi connectivity index (χ0) is 13.2. The molecular formula is C14H19NO3. The number of benzene rings is 1. The van der Waals surface area contributed by atoms with Crippen molar-refractivity contribution in [2.24, 2.45) is 0 Å². The molecule has 0 saturated heterocycles. The normalized spacial score (nSPS) is 26.4. The molecule has 1 aliphatic carbocycles. The Morgan fingerprint density at radius 2 is 2.28 bits per heavy atom. The molecule has 4 nitrogen and oxygen atoms in total. The second-order valence-corrected chi connectivity index (χ2v) is 4.87. The Bertz CT molecular complexity index is 438. The molecule has 1 saturated carbocycles. The van der Waals surface area contributed by atoms with E-state index in [0.29, 0.717) is 19.4 Å². The Labute approximate surface area is 107 Å². The van der Waals surface area contributed by atoms with Gasteiger partial charge in [-0.2, -0.15) is 0 Å². The predicted molar refractivity (Wildman–Crippen MR) is 69.8 cm³/mol. The van der Waals surface area contributed by atoms with Crippen LogP contribution in [0.2, 0.25) is 0 Å². The minimum absolute atomic E-state index is 0.0587. The van der Waals surface area contributed by atoms with Crippen LogP contribution < -0.4 is 5.32 Å². The van der Waals surface area contributed by atoms with Gasteiger partial charge in [-0.3, -0.25) is 0 Å². The topological polar surface area (TPSA) is 58.6 Å². The number of rotatable bonds is 5. The van der Waals surface area contributed by atoms with Gasteiger partial charge in [-0.15, -0.1) is 0 Å². The third-order valence-corrected chi connectivity index (χ3v) is 3.37. The Kier molecular flexibility index (Phi) is 3.57. The summed E-state index contributed by atoms with van der Waals surface area (Å²) in [6.07, 6.45) is 1.09. The Morgan fingerprint density at radius 1 is 1.56 bits per heavy atom. The van der Waals surface area contributed by atoms with Crippen LogP contribution in [-0.4, -0.2) is 29.3 Å². The summed E-state index contributed by atoms with van der Waals surface area (Å²) in [6.45, 7) is 4.54. The van der Waals surface area contributed by atoms with Crippen LogP contribution in [0, 0.1) is 6.92 Å². The first-order chi connectivity index (χ1) is 8.55. The van der Waals surface area contributed by atoms with Crippen LogP contribution in [0.3, 0.4) is 0 Å². The predicted octanol–water partition coefficient (Wildman–Crippen LogP) is 2.43. The summed E-state index contributed by atoms with van der Waals surface area (Å²) in [6, 6.07) is 7.76. The van der Waals surface area contributed by atoms with Crippen LogP contribution in [-0.2, 0) is 9.53 Å². The van der Waals surface area contributed by atoms with Gasteiger partial charge >= 0.3 is 5.97 Å². The van der Waals surface area contributed by atoms with Crippen LogP contribution in [0.1, 0.15) is 25.3 Å². The molecule has 0 aromatic heterocycles. The van der Waals surface area contributed by atoms with E-state index >= 15 is 0 Å². The van der Waals surface area contributed by atoms with Crippen LogP contribution in [0.5, 0.6) is 0 Å². The van der Waals surface area contributed by atoms with Crippen molar-refractivity contribution in [3.63, 3.8) is 0 Å². The number of aliphatic carboxylic acids is 1. The summed E-state index contributed by atoms with van der Waals surface area (Å²) < 4.78 is 5.44. The number of hydrogen-bond donors (Lipinski definition) is 2. The van der Waals surface area contributed by atoms with Crippen molar-refractivity contribution in [3.05, 3.63) is 29.8 Å². The first kappa shape index (κ1) is 12.9. The number of hydrogen-bond acceptors (Lipinski definition) is 3. The molecule has 98 valence electrons. The van der Waals surface area contributed by atoms with Gasteiger partial charge in [-0.05, 0) is 31.5 Å². The SMILES string of the molecule is CCOC1CC(Nc2cccc(C)c2)(C(=O)O)C1. The molecule has 0 aliphatic heterocycles. The second-order valence-electron chi connectivity index (χ2n) is 4.87. The van der Waals surface area contributed by atoms with E-state index in [-0.39, 0.29) is 6.10 Å². The molecule has 0 spiro atoms. The molecule has 0 radical (unpaired) electrons. The van der Waals surface area contributed by atoms with E-state index in [1.165, 1.54) is 0 Å². The van der Waals surface area contributed by atoms with Gasteiger partial charge in [0, 0.05) is 25.1 Å². The van der Waals surface area contributed by atoms with E-state index in [0.717, 1.165) is 11.3 Å². The lowest BCUT2D eigenvalue weighted by molar-refractivity contribution is -0.152. The summed E-state index contributed by atoms with van der Waals surface area (Å²) >= 11 is 0. The molecule has 0 bridgehead atoms. The van der Waals surface area contributed by atoms with E-state index in [9.17, 15) is 9.90 Å². The van der Waals surface area contributed by atoms with Crippen molar-refractivity contribution in [1.29, 1.82) is 0 Å². The molecule has 2 rings (SSSR count). The standard InChI is InChI=1S/C14H19NO3/c1-3-18-12-8-14(9-12,13(16)17)15-11-6-4-5-10(2)7-11/h4-7,12,15H,3,8-9H2,1-2H3,(H,16,17). The van der Waals surface area contributed by atoms with E-state index < -0.39 is 11.5 Å². The first-order valence-corrected chi connectivity index (χ1v) is 6.25. The average molecular weight is 249 g/mol. The van der Waals surface area contributed by atoms with Gasteiger partial charge in [0.1, 0.15) is 5.54 Å². The fourth-order valence-electron chi connectivity index (χ4n) is 2.40. The highest BCUT2D eigenvalue weighted by Gasteiger charge is 2.51. The monoisotopic (exact) mass is 249 g/mol. The summed E-state index contributed by atoms with van der Waals surface area (Å²) in [5, 5.41) is 12.5. The third-order valence-electron chi connectivity index (χ3n) is 3.37. The van der Waals surface area contributed by atoms with Gasteiger partial charge < -0.3 is 15.2 Å². The largest absolute Gasteiger partial charge is 0.480 e. The number of carbonyl (C=O) groups is 1. The molecule has 0 amide bonds. The van der Waals surface area contributed by atoms with Gasteiger partial charge in [-0.25, -0.2) is 4.79 Å². The smallest absolute Gasteiger partial charge is 0.329 e. The molecule has 18 heavy (non-hydrogen) atoms. The number of aryl methyl sites for hydroxylation is 1. The average Bonchev–Trinajstić information content (AvgIpc) is 2.25. The van der Waals surface area contributed by atoms with Crippen LogP contribution in [0.4, 0.5) is 5.69 Å². The zero-order valence-corrected chi connectivity index (χ0v) is 10.8. The van der Waals surface area contributed by atoms with Gasteiger partial charge in [-0.1, -0.05) is 12.1 Å². The fraction of sp³-hybridized carbons (Fsp3) is 0.500. The summed E-state index contributed by atoms with van der Waals surface area (Å²) in [5.74, 6) is -0.806. The molecule has 1 aromatic carbocycles. The molecule has 2 N–H and O–H groups in total. The van der Waals surface area contributed by atoms with E-state index in [4.69, 9.17) is 4.74 Å². The number of carboxylic acid groups (broad SMARTS) is 1. The van der Waals surface area contributed by atoms with Gasteiger partial charge in [0.05, 0.1) is 6.10 Å². The fourth-order valence-corrected chi connectivity index (χ4v) is 2.40. The minimum Gasteiger partial charge on any atom is -0.480 e. The lowest BCUT2D eigenvalue weighted by atomic mass is 9.74. The first-order valence-electron chi connectivity index (χ1n) is 6.25. The van der Waals surface area contributed by atoms with Crippen molar-refractivity contribution in [1.82, 2.24) is 0 Å². The van der Waals surface area contributed by atoms with Crippen molar-refractivity contribution >= 4 is 11.7 Å². The van der Waals surface area contributed by atoms with Crippen molar-refractivity contribution < 1.29 is 14.6 Å². The van der Waals surface area contributed by atoms with Gasteiger partial charge in [0.2, 0.25) is 0 Å². The lowest BCUT2D eigenvalue weighted by Crippen LogP contribution is -2.59. The van der Waals surface area contributed by atoms with Crippen molar-refractivity contribution in [2.45, 2.75) is 38.3 Å². The minimum atomic E-state index is -0.867. The van der Waals surface area contributed by atoms with Crippen molar-refractivity contribution in [3.8, 4) is 0 Å².